The molecule has 0 aromatic carbocycles. The van der Waals surface area contributed by atoms with Crippen molar-refractivity contribution >= 4 is 21.8 Å². The number of amides is 1. The van der Waals surface area contributed by atoms with Crippen molar-refractivity contribution in [2.75, 3.05) is 11.9 Å². The van der Waals surface area contributed by atoms with Gasteiger partial charge in [-0.1, -0.05) is 49.0 Å². The van der Waals surface area contributed by atoms with Crippen molar-refractivity contribution in [2.45, 2.75) is 58.8 Å². The molecule has 2 nitrogen and oxygen atoms in total. The summed E-state index contributed by atoms with van der Waals surface area (Å²) in [7, 11) is 0. The van der Waals surface area contributed by atoms with Crippen LogP contribution in [0.15, 0.2) is 0 Å². The molecule has 1 aliphatic carbocycles. The summed E-state index contributed by atoms with van der Waals surface area (Å²) in [6, 6.07) is 0. The molecule has 3 atom stereocenters. The van der Waals surface area contributed by atoms with Crippen molar-refractivity contribution < 1.29 is 4.79 Å². The molecule has 0 spiro atoms. The van der Waals surface area contributed by atoms with Crippen LogP contribution in [0.25, 0.3) is 0 Å². The highest BCUT2D eigenvalue weighted by Crippen LogP contribution is 2.32. The Morgan fingerprint density at radius 2 is 2.06 bits per heavy atom. The Morgan fingerprint density at radius 3 is 2.67 bits per heavy atom. The number of hydrogen-bond acceptors (Lipinski definition) is 1. The molecule has 0 aliphatic heterocycles. The van der Waals surface area contributed by atoms with E-state index in [1.807, 2.05) is 0 Å². The quantitative estimate of drug-likeness (QED) is 0.670. The van der Waals surface area contributed by atoms with Crippen LogP contribution in [0.5, 0.6) is 0 Å². The van der Waals surface area contributed by atoms with Gasteiger partial charge < -0.3 is 5.32 Å². The summed E-state index contributed by atoms with van der Waals surface area (Å²) in [5.41, 5.74) is 0. The Bertz CT molecular complexity index is 245. The molecule has 18 heavy (non-hydrogen) atoms. The lowest BCUT2D eigenvalue weighted by atomic mass is 9.96. The highest BCUT2D eigenvalue weighted by atomic mass is 79.9. The van der Waals surface area contributed by atoms with Crippen molar-refractivity contribution in [1.29, 1.82) is 0 Å². The van der Waals surface area contributed by atoms with Crippen LogP contribution in [-0.2, 0) is 4.79 Å². The van der Waals surface area contributed by atoms with Crippen LogP contribution < -0.4 is 5.32 Å². The van der Waals surface area contributed by atoms with E-state index in [0.717, 1.165) is 30.6 Å². The molecule has 1 rings (SSSR count). The fraction of sp³-hybridized carbons (Fsp3) is 0.933. The number of hydrogen-bond donors (Lipinski definition) is 1. The summed E-state index contributed by atoms with van der Waals surface area (Å²) in [6.45, 7) is 5.19. The lowest BCUT2D eigenvalue weighted by Gasteiger charge is -2.20. The maximum atomic E-state index is 12.1. The van der Waals surface area contributed by atoms with Gasteiger partial charge in [0.25, 0.3) is 0 Å². The largest absolute Gasteiger partial charge is 0.356 e. The van der Waals surface area contributed by atoms with Gasteiger partial charge in [0.05, 0.1) is 0 Å². The Morgan fingerprint density at radius 1 is 1.33 bits per heavy atom. The van der Waals surface area contributed by atoms with Gasteiger partial charge in [0.2, 0.25) is 5.91 Å². The highest BCUT2D eigenvalue weighted by molar-refractivity contribution is 9.09. The molecular formula is C15H28BrNO. The topological polar surface area (TPSA) is 29.1 Å². The van der Waals surface area contributed by atoms with E-state index < -0.39 is 0 Å². The molecule has 106 valence electrons. The van der Waals surface area contributed by atoms with Crippen LogP contribution in [0.2, 0.25) is 0 Å². The Labute approximate surface area is 120 Å². The number of carbonyl (C=O) groups excluding carboxylic acids is 1. The molecule has 1 saturated carbocycles. The van der Waals surface area contributed by atoms with Gasteiger partial charge in [-0.2, -0.15) is 0 Å². The monoisotopic (exact) mass is 317 g/mol. The third-order valence-corrected chi connectivity index (χ3v) is 5.15. The summed E-state index contributed by atoms with van der Waals surface area (Å²) in [6.07, 6.45) is 8.28. The summed E-state index contributed by atoms with van der Waals surface area (Å²) >= 11 is 3.59. The molecule has 0 aromatic heterocycles. The lowest BCUT2D eigenvalue weighted by Crippen LogP contribution is -2.35. The van der Waals surface area contributed by atoms with E-state index in [0.29, 0.717) is 5.92 Å². The standard InChI is InChI=1S/C15H28BrNO/c1-3-5-7-12(4-2)15(18)17-11-14-9-6-8-13(14)10-16/h12-14H,3-11H2,1-2H3,(H,17,18). The van der Waals surface area contributed by atoms with Gasteiger partial charge in [0.1, 0.15) is 0 Å². The molecule has 1 aliphatic rings. The first kappa shape index (κ1) is 16.0. The second-order valence-corrected chi connectivity index (χ2v) is 6.25. The minimum Gasteiger partial charge on any atom is -0.356 e. The SMILES string of the molecule is CCCCC(CC)C(=O)NCC1CCCC1CBr. The maximum absolute atomic E-state index is 12.1. The van der Waals surface area contributed by atoms with Crippen LogP contribution in [0.4, 0.5) is 0 Å². The van der Waals surface area contributed by atoms with Gasteiger partial charge in [-0.15, -0.1) is 0 Å². The van der Waals surface area contributed by atoms with E-state index in [-0.39, 0.29) is 11.8 Å². The molecular weight excluding hydrogens is 290 g/mol. The second kappa shape index (κ2) is 8.95. The molecule has 0 radical (unpaired) electrons. The van der Waals surface area contributed by atoms with Gasteiger partial charge in [0, 0.05) is 17.8 Å². The van der Waals surface area contributed by atoms with Crippen LogP contribution in [0, 0.1) is 17.8 Å². The average molecular weight is 318 g/mol. The zero-order chi connectivity index (χ0) is 13.4. The van der Waals surface area contributed by atoms with Crippen molar-refractivity contribution in [1.82, 2.24) is 5.32 Å². The first-order valence-corrected chi connectivity index (χ1v) is 8.68. The number of halogens is 1. The predicted octanol–water partition coefficient (Wildman–Crippen LogP) is 4.13. The van der Waals surface area contributed by atoms with E-state index in [1.165, 1.54) is 32.1 Å². The van der Waals surface area contributed by atoms with E-state index >= 15 is 0 Å². The molecule has 3 heteroatoms. The number of carbonyl (C=O) groups is 1. The maximum Gasteiger partial charge on any atom is 0.223 e. The molecule has 3 unspecified atom stereocenters. The average Bonchev–Trinajstić information content (AvgIpc) is 2.84. The Balaban J connectivity index is 2.30. The zero-order valence-electron chi connectivity index (χ0n) is 11.9. The minimum absolute atomic E-state index is 0.230. The highest BCUT2D eigenvalue weighted by Gasteiger charge is 2.27. The van der Waals surface area contributed by atoms with Crippen LogP contribution in [0.1, 0.15) is 58.8 Å². The summed E-state index contributed by atoms with van der Waals surface area (Å²) < 4.78 is 0. The molecule has 0 heterocycles. The van der Waals surface area contributed by atoms with E-state index in [1.54, 1.807) is 0 Å². The number of rotatable bonds is 8. The summed E-state index contributed by atoms with van der Waals surface area (Å²) in [4.78, 5) is 12.1. The molecule has 1 amide bonds. The van der Waals surface area contributed by atoms with E-state index in [2.05, 4.69) is 35.1 Å². The van der Waals surface area contributed by atoms with Gasteiger partial charge >= 0.3 is 0 Å². The van der Waals surface area contributed by atoms with Gasteiger partial charge in [-0.25, -0.2) is 0 Å². The van der Waals surface area contributed by atoms with Crippen molar-refractivity contribution in [3.63, 3.8) is 0 Å². The Kier molecular flexibility index (Phi) is 7.96. The van der Waals surface area contributed by atoms with Crippen LogP contribution in [0.3, 0.4) is 0 Å². The van der Waals surface area contributed by atoms with Gasteiger partial charge in [0.15, 0.2) is 0 Å². The van der Waals surface area contributed by atoms with Crippen LogP contribution in [-0.4, -0.2) is 17.8 Å². The Hall–Kier alpha value is -0.0500. The number of nitrogens with one attached hydrogen (secondary N) is 1. The van der Waals surface area contributed by atoms with Crippen molar-refractivity contribution in [2.24, 2.45) is 17.8 Å². The summed E-state index contributed by atoms with van der Waals surface area (Å²) in [5.74, 6) is 1.97. The fourth-order valence-corrected chi connectivity index (χ4v) is 3.79. The van der Waals surface area contributed by atoms with E-state index in [4.69, 9.17) is 0 Å². The smallest absolute Gasteiger partial charge is 0.223 e. The zero-order valence-corrected chi connectivity index (χ0v) is 13.5. The van der Waals surface area contributed by atoms with Crippen molar-refractivity contribution in [3.05, 3.63) is 0 Å². The normalized spacial score (nSPS) is 25.1. The minimum atomic E-state index is 0.230. The summed E-state index contributed by atoms with van der Waals surface area (Å²) in [5, 5.41) is 4.27. The molecule has 1 N–H and O–H groups in total. The van der Waals surface area contributed by atoms with E-state index in [9.17, 15) is 4.79 Å². The lowest BCUT2D eigenvalue weighted by molar-refractivity contribution is -0.125. The molecule has 0 aromatic rings. The number of unbranched alkanes of at least 4 members (excludes halogenated alkanes) is 1. The third-order valence-electron chi connectivity index (χ3n) is 4.32. The number of alkyl halides is 1. The fourth-order valence-electron chi connectivity index (χ4n) is 2.93. The van der Waals surface area contributed by atoms with Crippen LogP contribution >= 0.6 is 15.9 Å². The molecule has 1 fully saturated rings. The third kappa shape index (κ3) is 4.91. The predicted molar refractivity (Wildman–Crippen MR) is 80.9 cm³/mol. The first-order chi connectivity index (χ1) is 8.72. The van der Waals surface area contributed by atoms with Gasteiger partial charge in [-0.05, 0) is 37.5 Å². The first-order valence-electron chi connectivity index (χ1n) is 7.56. The van der Waals surface area contributed by atoms with Crippen molar-refractivity contribution in [3.8, 4) is 0 Å². The second-order valence-electron chi connectivity index (χ2n) is 5.60. The van der Waals surface area contributed by atoms with Gasteiger partial charge in [-0.3, -0.25) is 4.79 Å². The molecule has 0 saturated heterocycles. The molecule has 0 bridgehead atoms.